The van der Waals surface area contributed by atoms with E-state index in [9.17, 15) is 4.79 Å². The molecule has 0 spiro atoms. The van der Waals surface area contributed by atoms with Crippen molar-refractivity contribution in [2.75, 3.05) is 31.6 Å². The molecule has 0 amide bonds. The molecule has 2 rings (SSSR count). The quantitative estimate of drug-likeness (QED) is 0.902. The van der Waals surface area contributed by atoms with Gasteiger partial charge in [0.25, 0.3) is 0 Å². The molecular formula is C14H19BrN2O2. The second-order valence-corrected chi connectivity index (χ2v) is 5.91. The van der Waals surface area contributed by atoms with Crippen LogP contribution in [0, 0.1) is 0 Å². The molecule has 0 aliphatic carbocycles. The highest BCUT2D eigenvalue weighted by molar-refractivity contribution is 9.10. The maximum Gasteiger partial charge on any atom is 0.304 e. The molecule has 5 heteroatoms. The largest absolute Gasteiger partial charge is 0.481 e. The van der Waals surface area contributed by atoms with E-state index in [2.05, 4.69) is 37.9 Å². The molecule has 0 aromatic heterocycles. The third-order valence-electron chi connectivity index (χ3n) is 3.64. The van der Waals surface area contributed by atoms with Gasteiger partial charge in [-0.3, -0.25) is 4.79 Å². The van der Waals surface area contributed by atoms with E-state index in [4.69, 9.17) is 5.11 Å². The molecule has 19 heavy (non-hydrogen) atoms. The number of carboxylic acids is 1. The molecule has 1 fully saturated rings. The molecule has 1 unspecified atom stereocenters. The monoisotopic (exact) mass is 326 g/mol. The number of halogens is 1. The van der Waals surface area contributed by atoms with E-state index >= 15 is 0 Å². The molecule has 1 aromatic rings. The maximum atomic E-state index is 10.6. The lowest BCUT2D eigenvalue weighted by Crippen LogP contribution is -2.35. The smallest absolute Gasteiger partial charge is 0.304 e. The molecule has 0 bridgehead atoms. The lowest BCUT2D eigenvalue weighted by molar-refractivity contribution is -0.137. The first-order valence-corrected chi connectivity index (χ1v) is 7.28. The summed E-state index contributed by atoms with van der Waals surface area (Å²) in [7, 11) is 2.01. The Morgan fingerprint density at radius 2 is 2.37 bits per heavy atom. The van der Waals surface area contributed by atoms with E-state index in [-0.39, 0.29) is 6.42 Å². The van der Waals surface area contributed by atoms with Crippen molar-refractivity contribution in [2.45, 2.75) is 18.9 Å². The predicted octanol–water partition coefficient (Wildman–Crippen LogP) is 2.43. The van der Waals surface area contributed by atoms with Crippen molar-refractivity contribution in [3.8, 4) is 0 Å². The fourth-order valence-electron chi connectivity index (χ4n) is 2.46. The zero-order chi connectivity index (χ0) is 13.8. The second-order valence-electron chi connectivity index (χ2n) is 4.99. The van der Waals surface area contributed by atoms with Crippen LogP contribution in [-0.4, -0.2) is 48.7 Å². The number of benzene rings is 1. The average molecular weight is 327 g/mol. The summed E-state index contributed by atoms with van der Waals surface area (Å²) in [5.74, 6) is -0.728. The Hall–Kier alpha value is -1.07. The number of anilines is 1. The Morgan fingerprint density at radius 1 is 1.58 bits per heavy atom. The summed E-state index contributed by atoms with van der Waals surface area (Å²) in [6, 6.07) is 8.75. The molecule has 0 saturated carbocycles. The molecule has 1 heterocycles. The summed E-state index contributed by atoms with van der Waals surface area (Å²) in [6.07, 6.45) is 1.30. The highest BCUT2D eigenvalue weighted by Gasteiger charge is 2.25. The van der Waals surface area contributed by atoms with E-state index in [0.29, 0.717) is 12.6 Å². The first-order valence-electron chi connectivity index (χ1n) is 6.49. The molecule has 0 radical (unpaired) electrons. The Balaban J connectivity index is 1.90. The van der Waals surface area contributed by atoms with Crippen LogP contribution in [0.3, 0.4) is 0 Å². The van der Waals surface area contributed by atoms with Gasteiger partial charge in [0.2, 0.25) is 0 Å². The van der Waals surface area contributed by atoms with Gasteiger partial charge in [0.1, 0.15) is 0 Å². The number of rotatable bonds is 5. The third-order valence-corrected chi connectivity index (χ3v) is 4.13. The summed E-state index contributed by atoms with van der Waals surface area (Å²) in [5.41, 5.74) is 1.23. The van der Waals surface area contributed by atoms with Gasteiger partial charge >= 0.3 is 5.97 Å². The van der Waals surface area contributed by atoms with Gasteiger partial charge in [-0.25, -0.2) is 0 Å². The predicted molar refractivity (Wildman–Crippen MR) is 79.6 cm³/mol. The minimum absolute atomic E-state index is 0.212. The number of carboxylic acid groups (broad SMARTS) is 1. The standard InChI is InChI=1S/C14H19BrN2O2/c1-16(7-6-14(18)19)13-5-8-17(10-13)12-4-2-3-11(15)9-12/h2-4,9,13H,5-8,10H2,1H3,(H,18,19). The Bertz CT molecular complexity index is 453. The highest BCUT2D eigenvalue weighted by Crippen LogP contribution is 2.25. The molecule has 1 aliphatic heterocycles. The van der Waals surface area contributed by atoms with Crippen molar-refractivity contribution in [3.05, 3.63) is 28.7 Å². The molecule has 1 N–H and O–H groups in total. The van der Waals surface area contributed by atoms with Crippen LogP contribution in [0.2, 0.25) is 0 Å². The lowest BCUT2D eigenvalue weighted by Gasteiger charge is -2.24. The number of nitrogens with zero attached hydrogens (tertiary/aromatic N) is 2. The van der Waals surface area contributed by atoms with Crippen LogP contribution in [0.25, 0.3) is 0 Å². The summed E-state index contributed by atoms with van der Waals surface area (Å²) >= 11 is 3.49. The van der Waals surface area contributed by atoms with Gasteiger partial charge in [0.05, 0.1) is 6.42 Å². The third kappa shape index (κ3) is 3.94. The number of hydrogen-bond donors (Lipinski definition) is 1. The van der Waals surface area contributed by atoms with Crippen LogP contribution in [0.5, 0.6) is 0 Å². The molecule has 1 saturated heterocycles. The van der Waals surface area contributed by atoms with Gasteiger partial charge in [-0.1, -0.05) is 22.0 Å². The van der Waals surface area contributed by atoms with Crippen LogP contribution in [-0.2, 0) is 4.79 Å². The SMILES string of the molecule is CN(CCC(=O)O)C1CCN(c2cccc(Br)c2)C1. The van der Waals surface area contributed by atoms with E-state index < -0.39 is 5.97 Å². The zero-order valence-electron chi connectivity index (χ0n) is 11.1. The minimum atomic E-state index is -0.728. The molecule has 4 nitrogen and oxygen atoms in total. The van der Waals surface area contributed by atoms with Crippen molar-refractivity contribution in [1.29, 1.82) is 0 Å². The topological polar surface area (TPSA) is 43.8 Å². The van der Waals surface area contributed by atoms with Gasteiger partial charge in [0, 0.05) is 35.8 Å². The molecule has 1 aromatic carbocycles. The highest BCUT2D eigenvalue weighted by atomic mass is 79.9. The van der Waals surface area contributed by atoms with Crippen LogP contribution < -0.4 is 4.90 Å². The van der Waals surface area contributed by atoms with Gasteiger partial charge in [0.15, 0.2) is 0 Å². The van der Waals surface area contributed by atoms with Crippen LogP contribution in [0.1, 0.15) is 12.8 Å². The van der Waals surface area contributed by atoms with Crippen molar-refractivity contribution >= 4 is 27.6 Å². The van der Waals surface area contributed by atoms with Crippen LogP contribution >= 0.6 is 15.9 Å². The number of hydrogen-bond acceptors (Lipinski definition) is 3. The van der Waals surface area contributed by atoms with Crippen molar-refractivity contribution in [1.82, 2.24) is 4.90 Å². The first kappa shape index (κ1) is 14.3. The van der Waals surface area contributed by atoms with Gasteiger partial charge in [-0.2, -0.15) is 0 Å². The first-order chi connectivity index (χ1) is 9.06. The Labute approximate surface area is 122 Å². The summed E-state index contributed by atoms with van der Waals surface area (Å²) < 4.78 is 1.09. The van der Waals surface area contributed by atoms with Crippen LogP contribution in [0.15, 0.2) is 28.7 Å². The minimum Gasteiger partial charge on any atom is -0.481 e. The summed E-state index contributed by atoms with van der Waals surface area (Å²) in [5, 5.41) is 8.72. The van der Waals surface area contributed by atoms with Gasteiger partial charge < -0.3 is 14.9 Å². The normalized spacial score (nSPS) is 19.1. The number of carbonyl (C=O) groups is 1. The molecule has 1 atom stereocenters. The zero-order valence-corrected chi connectivity index (χ0v) is 12.6. The second kappa shape index (κ2) is 6.39. The summed E-state index contributed by atoms with van der Waals surface area (Å²) in [4.78, 5) is 15.1. The van der Waals surface area contributed by atoms with E-state index in [1.54, 1.807) is 0 Å². The number of likely N-dealkylation sites (N-methyl/N-ethyl adjacent to an activating group) is 1. The van der Waals surface area contributed by atoms with E-state index in [1.807, 2.05) is 19.2 Å². The van der Waals surface area contributed by atoms with Gasteiger partial charge in [-0.05, 0) is 31.7 Å². The fraction of sp³-hybridized carbons (Fsp3) is 0.500. The average Bonchev–Trinajstić information content (AvgIpc) is 2.85. The van der Waals surface area contributed by atoms with Crippen molar-refractivity contribution in [3.63, 3.8) is 0 Å². The Morgan fingerprint density at radius 3 is 3.05 bits per heavy atom. The van der Waals surface area contributed by atoms with Crippen molar-refractivity contribution < 1.29 is 9.90 Å². The maximum absolute atomic E-state index is 10.6. The molecule has 104 valence electrons. The van der Waals surface area contributed by atoms with Crippen LogP contribution in [0.4, 0.5) is 5.69 Å². The molecule has 1 aliphatic rings. The van der Waals surface area contributed by atoms with E-state index in [0.717, 1.165) is 24.0 Å². The fourth-order valence-corrected chi connectivity index (χ4v) is 2.85. The lowest BCUT2D eigenvalue weighted by atomic mass is 10.2. The summed E-state index contributed by atoms with van der Waals surface area (Å²) in [6.45, 7) is 2.61. The van der Waals surface area contributed by atoms with Gasteiger partial charge in [-0.15, -0.1) is 0 Å². The molecular weight excluding hydrogens is 308 g/mol. The number of aliphatic carboxylic acids is 1. The van der Waals surface area contributed by atoms with E-state index in [1.165, 1.54) is 5.69 Å². The Kier molecular flexibility index (Phi) is 4.82. The van der Waals surface area contributed by atoms with Crippen molar-refractivity contribution in [2.24, 2.45) is 0 Å².